The lowest BCUT2D eigenvalue weighted by atomic mass is 10.0. The van der Waals surface area contributed by atoms with Gasteiger partial charge < -0.3 is 20.4 Å². The molecule has 2 N–H and O–H groups in total. The van der Waals surface area contributed by atoms with E-state index in [-0.39, 0.29) is 5.82 Å². The summed E-state index contributed by atoms with van der Waals surface area (Å²) in [6.07, 6.45) is 7.92. The third-order valence-electron chi connectivity index (χ3n) is 6.07. The SMILES string of the molecule is CCNC(=NCc1ccc(F)c(CN(C)C)c1)NC1CCN(C2CCCC2)CC1. The van der Waals surface area contributed by atoms with Crippen molar-refractivity contribution >= 4 is 5.96 Å². The molecule has 1 aromatic carbocycles. The van der Waals surface area contributed by atoms with Crippen molar-refractivity contribution < 1.29 is 4.39 Å². The number of benzene rings is 1. The van der Waals surface area contributed by atoms with Gasteiger partial charge in [0.25, 0.3) is 0 Å². The average Bonchev–Trinajstić information content (AvgIpc) is 3.23. The Hall–Kier alpha value is -1.66. The molecule has 0 spiro atoms. The van der Waals surface area contributed by atoms with Crippen molar-refractivity contribution in [2.24, 2.45) is 4.99 Å². The van der Waals surface area contributed by atoms with Crippen LogP contribution < -0.4 is 10.6 Å². The molecule has 1 saturated carbocycles. The molecule has 0 atom stereocenters. The second-order valence-corrected chi connectivity index (χ2v) is 8.75. The maximum Gasteiger partial charge on any atom is 0.191 e. The number of hydrogen-bond donors (Lipinski definition) is 2. The summed E-state index contributed by atoms with van der Waals surface area (Å²) >= 11 is 0. The fourth-order valence-electron chi connectivity index (χ4n) is 4.55. The first-order chi connectivity index (χ1) is 14.0. The fourth-order valence-corrected chi connectivity index (χ4v) is 4.55. The number of piperidine rings is 1. The number of guanidine groups is 1. The summed E-state index contributed by atoms with van der Waals surface area (Å²) in [6, 6.07) is 6.63. The lowest BCUT2D eigenvalue weighted by molar-refractivity contribution is 0.150. The van der Waals surface area contributed by atoms with Gasteiger partial charge in [0.05, 0.1) is 6.54 Å². The third kappa shape index (κ3) is 6.68. The van der Waals surface area contributed by atoms with Gasteiger partial charge in [0, 0.05) is 43.8 Å². The van der Waals surface area contributed by atoms with Crippen LogP contribution in [0, 0.1) is 5.82 Å². The van der Waals surface area contributed by atoms with E-state index in [1.54, 1.807) is 6.07 Å². The number of nitrogens with one attached hydrogen (secondary N) is 2. The van der Waals surface area contributed by atoms with Crippen LogP contribution >= 0.6 is 0 Å². The van der Waals surface area contributed by atoms with E-state index in [1.807, 2.05) is 31.1 Å². The molecule has 1 aromatic rings. The van der Waals surface area contributed by atoms with Gasteiger partial charge in [0.15, 0.2) is 5.96 Å². The first-order valence-electron chi connectivity index (χ1n) is 11.3. The topological polar surface area (TPSA) is 42.9 Å². The van der Waals surface area contributed by atoms with Crippen molar-refractivity contribution in [2.75, 3.05) is 33.7 Å². The Morgan fingerprint density at radius 2 is 1.90 bits per heavy atom. The molecule has 5 nitrogen and oxygen atoms in total. The van der Waals surface area contributed by atoms with Crippen molar-refractivity contribution in [1.82, 2.24) is 20.4 Å². The molecule has 3 rings (SSSR count). The monoisotopic (exact) mass is 403 g/mol. The Labute approximate surface area is 175 Å². The Bertz CT molecular complexity index is 661. The molecule has 6 heteroatoms. The second kappa shape index (κ2) is 10.9. The van der Waals surface area contributed by atoms with E-state index in [0.29, 0.717) is 19.1 Å². The lowest BCUT2D eigenvalue weighted by Gasteiger charge is -2.36. The van der Waals surface area contributed by atoms with E-state index in [4.69, 9.17) is 4.99 Å². The molecule has 1 aliphatic heterocycles. The number of hydrogen-bond acceptors (Lipinski definition) is 3. The molecule has 162 valence electrons. The minimum absolute atomic E-state index is 0.148. The second-order valence-electron chi connectivity index (χ2n) is 8.75. The average molecular weight is 404 g/mol. The number of likely N-dealkylation sites (tertiary alicyclic amines) is 1. The minimum atomic E-state index is -0.148. The van der Waals surface area contributed by atoms with Gasteiger partial charge in [-0.3, -0.25) is 0 Å². The van der Waals surface area contributed by atoms with E-state index in [1.165, 1.54) is 51.6 Å². The zero-order valence-electron chi connectivity index (χ0n) is 18.4. The summed E-state index contributed by atoms with van der Waals surface area (Å²) in [7, 11) is 3.91. The van der Waals surface area contributed by atoms with Gasteiger partial charge in [-0.1, -0.05) is 18.9 Å². The van der Waals surface area contributed by atoms with Crippen LogP contribution in [-0.2, 0) is 13.1 Å². The molecule has 0 amide bonds. The highest BCUT2D eigenvalue weighted by Gasteiger charge is 2.27. The first-order valence-corrected chi connectivity index (χ1v) is 11.3. The number of aliphatic imine (C=N–C) groups is 1. The van der Waals surface area contributed by atoms with Gasteiger partial charge >= 0.3 is 0 Å². The Morgan fingerprint density at radius 1 is 1.17 bits per heavy atom. The minimum Gasteiger partial charge on any atom is -0.357 e. The standard InChI is InChI=1S/C23H38FN5/c1-4-25-23(26-16-18-9-10-22(24)19(15-18)17-28(2)3)27-20-11-13-29(14-12-20)21-7-5-6-8-21/h9-10,15,20-21H,4-8,11-14,16-17H2,1-3H3,(H2,25,26,27). The van der Waals surface area contributed by atoms with Gasteiger partial charge in [-0.2, -0.15) is 0 Å². The predicted molar refractivity (Wildman–Crippen MR) is 119 cm³/mol. The van der Waals surface area contributed by atoms with Crippen molar-refractivity contribution in [2.45, 2.75) is 70.6 Å². The normalized spacial score (nSPS) is 19.8. The van der Waals surface area contributed by atoms with Gasteiger partial charge in [0.1, 0.15) is 5.82 Å². The van der Waals surface area contributed by atoms with Crippen molar-refractivity contribution in [3.63, 3.8) is 0 Å². The molecule has 0 aromatic heterocycles. The smallest absolute Gasteiger partial charge is 0.191 e. The molecule has 1 aliphatic carbocycles. The fraction of sp³-hybridized carbons (Fsp3) is 0.696. The number of nitrogens with zero attached hydrogens (tertiary/aromatic N) is 3. The molecule has 1 saturated heterocycles. The summed E-state index contributed by atoms with van der Waals surface area (Å²) in [6.45, 7) is 6.45. The molecule has 29 heavy (non-hydrogen) atoms. The van der Waals surface area contributed by atoms with Crippen molar-refractivity contribution in [1.29, 1.82) is 0 Å². The van der Waals surface area contributed by atoms with Gasteiger partial charge in [0.2, 0.25) is 0 Å². The highest BCUT2D eigenvalue weighted by Crippen LogP contribution is 2.26. The van der Waals surface area contributed by atoms with Crippen LogP contribution in [0.1, 0.15) is 56.6 Å². The lowest BCUT2D eigenvalue weighted by Crippen LogP contribution is -2.50. The molecule has 0 bridgehead atoms. The molecular weight excluding hydrogens is 365 g/mol. The van der Waals surface area contributed by atoms with Crippen LogP contribution in [0.2, 0.25) is 0 Å². The van der Waals surface area contributed by atoms with Crippen LogP contribution in [-0.4, -0.2) is 61.6 Å². The highest BCUT2D eigenvalue weighted by atomic mass is 19.1. The zero-order chi connectivity index (χ0) is 20.6. The maximum absolute atomic E-state index is 14.0. The first kappa shape index (κ1) is 22.0. The van der Waals surface area contributed by atoms with Crippen LogP contribution in [0.5, 0.6) is 0 Å². The molecule has 0 unspecified atom stereocenters. The number of rotatable bonds is 7. The molecule has 2 fully saturated rings. The largest absolute Gasteiger partial charge is 0.357 e. The van der Waals surface area contributed by atoms with Crippen molar-refractivity contribution in [3.05, 3.63) is 35.1 Å². The van der Waals surface area contributed by atoms with E-state index in [9.17, 15) is 4.39 Å². The summed E-state index contributed by atoms with van der Waals surface area (Å²) in [4.78, 5) is 9.44. The molecular formula is C23H38FN5. The summed E-state index contributed by atoms with van der Waals surface area (Å²) in [5, 5.41) is 6.99. The van der Waals surface area contributed by atoms with Gasteiger partial charge in [-0.15, -0.1) is 0 Å². The number of halogens is 1. The van der Waals surface area contributed by atoms with Gasteiger partial charge in [-0.05, 0) is 64.4 Å². The van der Waals surface area contributed by atoms with Crippen LogP contribution in [0.15, 0.2) is 23.2 Å². The van der Waals surface area contributed by atoms with Gasteiger partial charge in [-0.25, -0.2) is 9.38 Å². The maximum atomic E-state index is 14.0. The Morgan fingerprint density at radius 3 is 2.55 bits per heavy atom. The van der Waals surface area contributed by atoms with E-state index >= 15 is 0 Å². The van der Waals surface area contributed by atoms with Crippen molar-refractivity contribution in [3.8, 4) is 0 Å². The Balaban J connectivity index is 1.55. The molecule has 1 heterocycles. The summed E-state index contributed by atoms with van der Waals surface area (Å²) < 4.78 is 14.0. The van der Waals surface area contributed by atoms with Crippen LogP contribution in [0.3, 0.4) is 0 Å². The van der Waals surface area contributed by atoms with E-state index < -0.39 is 0 Å². The highest BCUT2D eigenvalue weighted by molar-refractivity contribution is 5.80. The third-order valence-corrected chi connectivity index (χ3v) is 6.07. The Kier molecular flexibility index (Phi) is 8.30. The summed E-state index contributed by atoms with van der Waals surface area (Å²) in [5.41, 5.74) is 1.76. The van der Waals surface area contributed by atoms with Crippen LogP contribution in [0.4, 0.5) is 4.39 Å². The van der Waals surface area contributed by atoms with Crippen LogP contribution in [0.25, 0.3) is 0 Å². The van der Waals surface area contributed by atoms with E-state index in [2.05, 4.69) is 22.5 Å². The summed E-state index contributed by atoms with van der Waals surface area (Å²) in [5.74, 6) is 0.718. The van der Waals surface area contributed by atoms with E-state index in [0.717, 1.165) is 29.7 Å². The molecule has 0 radical (unpaired) electrons. The predicted octanol–water partition coefficient (Wildman–Crippen LogP) is 3.35. The molecule has 2 aliphatic rings. The zero-order valence-corrected chi connectivity index (χ0v) is 18.4. The quantitative estimate of drug-likeness (QED) is 0.541.